The van der Waals surface area contributed by atoms with Gasteiger partial charge in [-0.15, -0.1) is 12.4 Å². The van der Waals surface area contributed by atoms with Crippen LogP contribution in [0.3, 0.4) is 0 Å². The highest BCUT2D eigenvalue weighted by atomic mass is 35.5. The molecule has 1 aliphatic rings. The van der Waals surface area contributed by atoms with Crippen molar-refractivity contribution in [3.05, 3.63) is 34.3 Å². The zero-order chi connectivity index (χ0) is 11.8. The molecule has 1 fully saturated rings. The molecule has 5 heteroatoms. The quantitative estimate of drug-likeness (QED) is 0.864. The first-order valence-corrected chi connectivity index (χ1v) is 6.04. The lowest BCUT2D eigenvalue weighted by atomic mass is 9.89. The van der Waals surface area contributed by atoms with Crippen LogP contribution in [0.15, 0.2) is 27.4 Å². The number of piperidine rings is 1. The molecule has 0 atom stereocenters. The molecule has 4 nitrogen and oxygen atoms in total. The topological polar surface area (TPSA) is 49.2 Å². The smallest absolute Gasteiger partial charge is 0.408 e. The molecule has 0 unspecified atom stereocenters. The van der Waals surface area contributed by atoms with Crippen LogP contribution in [-0.2, 0) is 0 Å². The van der Waals surface area contributed by atoms with E-state index < -0.39 is 0 Å². The van der Waals surface area contributed by atoms with Crippen LogP contribution in [0.2, 0.25) is 0 Å². The van der Waals surface area contributed by atoms with Gasteiger partial charge in [-0.25, -0.2) is 4.79 Å². The minimum Gasteiger partial charge on any atom is -0.408 e. The summed E-state index contributed by atoms with van der Waals surface area (Å²) in [4.78, 5) is 16.1. The predicted molar refractivity (Wildman–Crippen MR) is 73.6 cm³/mol. The molecule has 1 aromatic heterocycles. The molecule has 0 aliphatic carbocycles. The Morgan fingerprint density at radius 3 is 2.78 bits per heavy atom. The molecule has 1 N–H and O–H groups in total. The van der Waals surface area contributed by atoms with Crippen LogP contribution in [-0.4, -0.2) is 30.0 Å². The van der Waals surface area contributed by atoms with Crippen molar-refractivity contribution in [1.82, 2.24) is 9.88 Å². The highest BCUT2D eigenvalue weighted by Crippen LogP contribution is 2.29. The average Bonchev–Trinajstić information content (AvgIpc) is 2.69. The van der Waals surface area contributed by atoms with Gasteiger partial charge in [0, 0.05) is 0 Å². The summed E-state index contributed by atoms with van der Waals surface area (Å²) in [6.45, 7) is 2.28. The maximum Gasteiger partial charge on any atom is 0.417 e. The second-order valence-corrected chi connectivity index (χ2v) is 4.85. The fraction of sp³-hybridized carbons (Fsp3) is 0.462. The van der Waals surface area contributed by atoms with Crippen molar-refractivity contribution in [3.63, 3.8) is 0 Å². The number of rotatable bonds is 1. The van der Waals surface area contributed by atoms with Crippen LogP contribution in [0.25, 0.3) is 11.1 Å². The highest BCUT2D eigenvalue weighted by Gasteiger charge is 2.18. The first-order valence-electron chi connectivity index (χ1n) is 6.04. The molecule has 1 aromatic carbocycles. The Labute approximate surface area is 111 Å². The highest BCUT2D eigenvalue weighted by molar-refractivity contribution is 5.85. The third-order valence-corrected chi connectivity index (χ3v) is 3.64. The number of aromatic amines is 1. The maximum atomic E-state index is 11.1. The zero-order valence-electron chi connectivity index (χ0n) is 10.3. The lowest BCUT2D eigenvalue weighted by Gasteiger charge is -2.29. The van der Waals surface area contributed by atoms with Gasteiger partial charge in [-0.2, -0.15) is 0 Å². The first-order chi connectivity index (χ1) is 8.22. The number of oxazole rings is 1. The van der Waals surface area contributed by atoms with Gasteiger partial charge in [0.2, 0.25) is 0 Å². The number of fused-ring (bicyclic) bond motifs is 1. The van der Waals surface area contributed by atoms with Gasteiger partial charge in [0.15, 0.2) is 5.58 Å². The normalized spacial score (nSPS) is 17.8. The van der Waals surface area contributed by atoms with E-state index in [0.29, 0.717) is 11.5 Å². The van der Waals surface area contributed by atoms with Gasteiger partial charge in [-0.1, -0.05) is 6.07 Å². The molecule has 2 heterocycles. The molecule has 18 heavy (non-hydrogen) atoms. The van der Waals surface area contributed by atoms with E-state index in [4.69, 9.17) is 4.42 Å². The van der Waals surface area contributed by atoms with Crippen LogP contribution in [0.4, 0.5) is 0 Å². The average molecular weight is 269 g/mol. The van der Waals surface area contributed by atoms with Crippen LogP contribution < -0.4 is 5.76 Å². The molecule has 0 saturated carbocycles. The number of halogens is 1. The molecule has 1 saturated heterocycles. The van der Waals surface area contributed by atoms with Gasteiger partial charge < -0.3 is 9.32 Å². The Hall–Kier alpha value is -1.26. The number of benzene rings is 1. The summed E-state index contributed by atoms with van der Waals surface area (Å²) in [6.07, 6.45) is 2.35. The van der Waals surface area contributed by atoms with E-state index in [1.165, 1.54) is 18.4 Å². The molecule has 0 amide bonds. The number of nitrogens with zero attached hydrogens (tertiary/aromatic N) is 1. The molecule has 2 aromatic rings. The molecule has 0 radical (unpaired) electrons. The molecule has 0 bridgehead atoms. The van der Waals surface area contributed by atoms with Crippen LogP contribution in [0, 0.1) is 0 Å². The van der Waals surface area contributed by atoms with Gasteiger partial charge in [0.25, 0.3) is 0 Å². The number of hydrogen-bond donors (Lipinski definition) is 1. The van der Waals surface area contributed by atoms with E-state index >= 15 is 0 Å². The summed E-state index contributed by atoms with van der Waals surface area (Å²) in [5.41, 5.74) is 2.74. The number of nitrogens with one attached hydrogen (secondary N) is 1. The van der Waals surface area contributed by atoms with E-state index in [1.54, 1.807) is 0 Å². The lowest BCUT2D eigenvalue weighted by Crippen LogP contribution is -2.29. The van der Waals surface area contributed by atoms with E-state index in [1.807, 2.05) is 12.1 Å². The first kappa shape index (κ1) is 13.2. The van der Waals surface area contributed by atoms with Crippen LogP contribution in [0.1, 0.15) is 24.3 Å². The summed E-state index contributed by atoms with van der Waals surface area (Å²) >= 11 is 0. The van der Waals surface area contributed by atoms with E-state index in [0.717, 1.165) is 18.6 Å². The lowest BCUT2D eigenvalue weighted by molar-refractivity contribution is 0.255. The number of hydrogen-bond acceptors (Lipinski definition) is 3. The third kappa shape index (κ3) is 2.44. The predicted octanol–water partition coefficient (Wildman–Crippen LogP) is 2.35. The largest absolute Gasteiger partial charge is 0.417 e. The maximum absolute atomic E-state index is 11.1. The Morgan fingerprint density at radius 2 is 2.06 bits per heavy atom. The van der Waals surface area contributed by atoms with E-state index in [-0.39, 0.29) is 18.2 Å². The van der Waals surface area contributed by atoms with Gasteiger partial charge in [0.05, 0.1) is 5.52 Å². The standard InChI is InChI=1S/C13H16N2O2.ClH/c1-15-6-4-9(5-7-15)10-2-3-11-12(8-10)17-13(16)14-11;/h2-3,8-9H,4-7H2,1H3,(H,14,16);1H. The summed E-state index contributed by atoms with van der Waals surface area (Å²) in [5, 5.41) is 0. The molecular formula is C13H17ClN2O2. The zero-order valence-corrected chi connectivity index (χ0v) is 11.1. The van der Waals surface area contributed by atoms with Gasteiger partial charge in [-0.3, -0.25) is 4.98 Å². The molecular weight excluding hydrogens is 252 g/mol. The Bertz CT molecular complexity index is 582. The summed E-state index contributed by atoms with van der Waals surface area (Å²) in [5.74, 6) is 0.219. The minimum atomic E-state index is -0.375. The summed E-state index contributed by atoms with van der Waals surface area (Å²) in [6, 6.07) is 6.04. The fourth-order valence-electron chi connectivity index (χ4n) is 2.56. The summed E-state index contributed by atoms with van der Waals surface area (Å²) < 4.78 is 5.10. The summed E-state index contributed by atoms with van der Waals surface area (Å²) in [7, 11) is 2.16. The Morgan fingerprint density at radius 1 is 1.33 bits per heavy atom. The van der Waals surface area contributed by atoms with Crippen molar-refractivity contribution in [3.8, 4) is 0 Å². The molecule has 3 rings (SSSR count). The van der Waals surface area contributed by atoms with Gasteiger partial charge in [0.1, 0.15) is 0 Å². The minimum absolute atomic E-state index is 0. The van der Waals surface area contributed by atoms with Crippen molar-refractivity contribution >= 4 is 23.5 Å². The van der Waals surface area contributed by atoms with Gasteiger partial charge in [-0.05, 0) is 56.6 Å². The third-order valence-electron chi connectivity index (χ3n) is 3.64. The van der Waals surface area contributed by atoms with Crippen molar-refractivity contribution in [1.29, 1.82) is 0 Å². The van der Waals surface area contributed by atoms with Crippen LogP contribution in [0.5, 0.6) is 0 Å². The van der Waals surface area contributed by atoms with E-state index in [9.17, 15) is 4.79 Å². The Balaban J connectivity index is 0.00000120. The van der Waals surface area contributed by atoms with Gasteiger partial charge >= 0.3 is 5.76 Å². The Kier molecular flexibility index (Phi) is 3.78. The van der Waals surface area contributed by atoms with E-state index in [2.05, 4.69) is 23.0 Å². The van der Waals surface area contributed by atoms with Crippen molar-refractivity contribution in [2.75, 3.05) is 20.1 Å². The second-order valence-electron chi connectivity index (χ2n) is 4.85. The fourth-order valence-corrected chi connectivity index (χ4v) is 2.56. The SMILES string of the molecule is CN1CCC(c2ccc3[nH]c(=O)oc3c2)CC1.Cl. The number of likely N-dealkylation sites (tertiary alicyclic amines) is 1. The van der Waals surface area contributed by atoms with Crippen molar-refractivity contribution < 1.29 is 4.42 Å². The number of H-pyrrole nitrogens is 1. The van der Waals surface area contributed by atoms with Crippen molar-refractivity contribution in [2.24, 2.45) is 0 Å². The number of aromatic nitrogens is 1. The second kappa shape index (κ2) is 5.16. The molecule has 1 aliphatic heterocycles. The molecule has 98 valence electrons. The van der Waals surface area contributed by atoms with Crippen molar-refractivity contribution in [2.45, 2.75) is 18.8 Å². The van der Waals surface area contributed by atoms with Crippen LogP contribution >= 0.6 is 12.4 Å². The monoisotopic (exact) mass is 268 g/mol. The molecule has 0 spiro atoms.